The standard InChI is InChI=1S/C20H18O2/c21-20-9-5-4-8-18(20)14-16-10-12-19(13-11-16)22-15-17-6-2-1-3-7-17/h1-13,21H,14-15H2. The number of hydrogen-bond donors (Lipinski definition) is 1. The van der Waals surface area contributed by atoms with Crippen molar-refractivity contribution in [2.75, 3.05) is 0 Å². The molecule has 0 heterocycles. The molecule has 3 aromatic carbocycles. The van der Waals surface area contributed by atoms with E-state index in [9.17, 15) is 5.11 Å². The number of para-hydroxylation sites is 1. The Balaban J connectivity index is 1.62. The summed E-state index contributed by atoms with van der Waals surface area (Å²) in [6.07, 6.45) is 0.714. The molecule has 0 saturated carbocycles. The zero-order valence-corrected chi connectivity index (χ0v) is 12.3. The summed E-state index contributed by atoms with van der Waals surface area (Å²) in [7, 11) is 0. The molecule has 0 amide bonds. The number of phenols is 1. The van der Waals surface area contributed by atoms with E-state index >= 15 is 0 Å². The van der Waals surface area contributed by atoms with Crippen LogP contribution in [0.2, 0.25) is 0 Å². The number of aromatic hydroxyl groups is 1. The van der Waals surface area contributed by atoms with Gasteiger partial charge >= 0.3 is 0 Å². The lowest BCUT2D eigenvalue weighted by molar-refractivity contribution is 0.306. The van der Waals surface area contributed by atoms with E-state index in [0.717, 1.165) is 22.4 Å². The molecular weight excluding hydrogens is 272 g/mol. The lowest BCUT2D eigenvalue weighted by Gasteiger charge is -2.08. The van der Waals surface area contributed by atoms with Gasteiger partial charge in [-0.3, -0.25) is 0 Å². The third kappa shape index (κ3) is 3.67. The molecule has 0 aromatic heterocycles. The molecule has 0 atom stereocenters. The smallest absolute Gasteiger partial charge is 0.119 e. The largest absolute Gasteiger partial charge is 0.508 e. The third-order valence-electron chi connectivity index (χ3n) is 3.56. The molecule has 2 nitrogen and oxygen atoms in total. The fourth-order valence-corrected chi connectivity index (χ4v) is 2.32. The van der Waals surface area contributed by atoms with E-state index in [0.29, 0.717) is 18.8 Å². The molecular formula is C20H18O2. The molecule has 22 heavy (non-hydrogen) atoms. The second-order valence-electron chi connectivity index (χ2n) is 5.22. The highest BCUT2D eigenvalue weighted by Gasteiger charge is 2.02. The van der Waals surface area contributed by atoms with Gasteiger partial charge in [-0.1, -0.05) is 60.7 Å². The highest BCUT2D eigenvalue weighted by atomic mass is 16.5. The summed E-state index contributed by atoms with van der Waals surface area (Å²) >= 11 is 0. The van der Waals surface area contributed by atoms with Crippen molar-refractivity contribution in [3.63, 3.8) is 0 Å². The minimum atomic E-state index is 0.340. The second-order valence-corrected chi connectivity index (χ2v) is 5.22. The number of benzene rings is 3. The average molecular weight is 290 g/mol. The summed E-state index contributed by atoms with van der Waals surface area (Å²) in [6.45, 7) is 0.569. The molecule has 0 unspecified atom stereocenters. The summed E-state index contributed by atoms with van der Waals surface area (Å²) in [4.78, 5) is 0. The van der Waals surface area contributed by atoms with Crippen LogP contribution < -0.4 is 4.74 Å². The molecule has 2 heteroatoms. The number of phenolic OH excluding ortho intramolecular Hbond substituents is 1. The van der Waals surface area contributed by atoms with Crippen molar-refractivity contribution in [3.8, 4) is 11.5 Å². The molecule has 3 rings (SSSR count). The Labute approximate surface area is 130 Å². The molecule has 0 bridgehead atoms. The lowest BCUT2D eigenvalue weighted by atomic mass is 10.0. The van der Waals surface area contributed by atoms with Crippen molar-refractivity contribution in [2.24, 2.45) is 0 Å². The fourth-order valence-electron chi connectivity index (χ4n) is 2.32. The van der Waals surface area contributed by atoms with Crippen LogP contribution in [0.4, 0.5) is 0 Å². The van der Waals surface area contributed by atoms with Crippen molar-refractivity contribution in [3.05, 3.63) is 95.6 Å². The van der Waals surface area contributed by atoms with Gasteiger partial charge in [0.15, 0.2) is 0 Å². The number of rotatable bonds is 5. The van der Waals surface area contributed by atoms with Crippen LogP contribution in [0.5, 0.6) is 11.5 Å². The fraction of sp³-hybridized carbons (Fsp3) is 0.100. The van der Waals surface area contributed by atoms with E-state index in [-0.39, 0.29) is 0 Å². The van der Waals surface area contributed by atoms with Gasteiger partial charge in [-0.2, -0.15) is 0 Å². The molecule has 0 fully saturated rings. The van der Waals surface area contributed by atoms with Gasteiger partial charge in [0.2, 0.25) is 0 Å². The van der Waals surface area contributed by atoms with Crippen LogP contribution in [0.1, 0.15) is 16.7 Å². The third-order valence-corrected chi connectivity index (χ3v) is 3.56. The molecule has 0 aliphatic carbocycles. The zero-order chi connectivity index (χ0) is 15.2. The quantitative estimate of drug-likeness (QED) is 0.746. The molecule has 0 spiro atoms. The number of ether oxygens (including phenoxy) is 1. The summed E-state index contributed by atoms with van der Waals surface area (Å²) in [5.41, 5.74) is 3.23. The van der Waals surface area contributed by atoms with Crippen molar-refractivity contribution in [1.29, 1.82) is 0 Å². The Morgan fingerprint density at radius 3 is 2.09 bits per heavy atom. The second kappa shape index (κ2) is 6.81. The van der Waals surface area contributed by atoms with Gasteiger partial charge in [-0.25, -0.2) is 0 Å². The van der Waals surface area contributed by atoms with E-state index in [4.69, 9.17) is 4.74 Å². The predicted octanol–water partition coefficient (Wildman–Crippen LogP) is 4.56. The summed E-state index contributed by atoms with van der Waals surface area (Å²) in [6, 6.07) is 25.5. The maximum atomic E-state index is 9.81. The molecule has 0 aliphatic rings. The normalized spacial score (nSPS) is 10.4. The van der Waals surface area contributed by atoms with Crippen LogP contribution in [0.3, 0.4) is 0 Å². The highest BCUT2D eigenvalue weighted by Crippen LogP contribution is 2.21. The van der Waals surface area contributed by atoms with Crippen LogP contribution in [0.15, 0.2) is 78.9 Å². The van der Waals surface area contributed by atoms with Crippen LogP contribution in [-0.4, -0.2) is 5.11 Å². The topological polar surface area (TPSA) is 29.5 Å². The first-order valence-electron chi connectivity index (χ1n) is 7.34. The Kier molecular flexibility index (Phi) is 4.40. The monoisotopic (exact) mass is 290 g/mol. The predicted molar refractivity (Wildman–Crippen MR) is 88.1 cm³/mol. The van der Waals surface area contributed by atoms with E-state index in [1.54, 1.807) is 6.07 Å². The molecule has 0 radical (unpaired) electrons. The van der Waals surface area contributed by atoms with Gasteiger partial charge in [-0.15, -0.1) is 0 Å². The van der Waals surface area contributed by atoms with Gasteiger partial charge in [-0.05, 0) is 34.9 Å². The van der Waals surface area contributed by atoms with Crippen LogP contribution >= 0.6 is 0 Å². The summed E-state index contributed by atoms with van der Waals surface area (Å²) in [5.74, 6) is 1.19. The van der Waals surface area contributed by atoms with Crippen molar-refractivity contribution in [2.45, 2.75) is 13.0 Å². The molecule has 110 valence electrons. The lowest BCUT2D eigenvalue weighted by Crippen LogP contribution is -1.95. The maximum Gasteiger partial charge on any atom is 0.119 e. The van der Waals surface area contributed by atoms with Crippen LogP contribution in [0.25, 0.3) is 0 Å². The van der Waals surface area contributed by atoms with E-state index in [2.05, 4.69) is 0 Å². The van der Waals surface area contributed by atoms with E-state index in [1.807, 2.05) is 72.8 Å². The number of hydrogen-bond acceptors (Lipinski definition) is 2. The van der Waals surface area contributed by atoms with E-state index in [1.165, 1.54) is 0 Å². The summed E-state index contributed by atoms with van der Waals surface area (Å²) < 4.78 is 5.77. The Morgan fingerprint density at radius 2 is 1.36 bits per heavy atom. The molecule has 0 saturated heterocycles. The van der Waals surface area contributed by atoms with Crippen LogP contribution in [0, 0.1) is 0 Å². The van der Waals surface area contributed by atoms with Gasteiger partial charge in [0.1, 0.15) is 18.1 Å². The summed E-state index contributed by atoms with van der Waals surface area (Å²) in [5, 5.41) is 9.81. The van der Waals surface area contributed by atoms with Crippen molar-refractivity contribution >= 4 is 0 Å². The van der Waals surface area contributed by atoms with Crippen LogP contribution in [-0.2, 0) is 13.0 Å². The zero-order valence-electron chi connectivity index (χ0n) is 12.3. The molecule has 3 aromatic rings. The van der Waals surface area contributed by atoms with Crippen molar-refractivity contribution < 1.29 is 9.84 Å². The molecule has 0 aliphatic heterocycles. The van der Waals surface area contributed by atoms with E-state index < -0.39 is 0 Å². The Hall–Kier alpha value is -2.74. The average Bonchev–Trinajstić information content (AvgIpc) is 2.57. The van der Waals surface area contributed by atoms with Gasteiger partial charge in [0.25, 0.3) is 0 Å². The highest BCUT2D eigenvalue weighted by molar-refractivity contribution is 5.37. The minimum absolute atomic E-state index is 0.340. The maximum absolute atomic E-state index is 9.81. The van der Waals surface area contributed by atoms with Crippen molar-refractivity contribution in [1.82, 2.24) is 0 Å². The molecule has 1 N–H and O–H groups in total. The first-order chi connectivity index (χ1) is 10.8. The van der Waals surface area contributed by atoms with Gasteiger partial charge in [0.05, 0.1) is 0 Å². The minimum Gasteiger partial charge on any atom is -0.508 e. The first-order valence-corrected chi connectivity index (χ1v) is 7.34. The van der Waals surface area contributed by atoms with Gasteiger partial charge < -0.3 is 9.84 Å². The Morgan fingerprint density at radius 1 is 0.682 bits per heavy atom. The van der Waals surface area contributed by atoms with Gasteiger partial charge in [0, 0.05) is 6.42 Å². The first kappa shape index (κ1) is 14.2. The Bertz CT molecular complexity index is 718. The SMILES string of the molecule is Oc1ccccc1Cc1ccc(OCc2ccccc2)cc1.